The number of ether oxygens (including phenoxy) is 1. The van der Waals surface area contributed by atoms with Gasteiger partial charge in [-0.25, -0.2) is 4.68 Å². The summed E-state index contributed by atoms with van der Waals surface area (Å²) in [5, 5.41) is 22.7. The number of tetrazole rings is 1. The lowest BCUT2D eigenvalue weighted by Crippen LogP contribution is -2.30. The number of aromatic nitrogens is 5. The molecule has 9 nitrogen and oxygen atoms in total. The summed E-state index contributed by atoms with van der Waals surface area (Å²) in [4.78, 5) is 17.5. The van der Waals surface area contributed by atoms with Crippen molar-refractivity contribution in [2.24, 2.45) is 0 Å². The monoisotopic (exact) mass is 398 g/mol. The number of methoxy groups -OCH3 is 1. The molecule has 0 unspecified atom stereocenters. The number of pyridine rings is 1. The minimum atomic E-state index is -0.138. The Kier molecular flexibility index (Phi) is 5.86. The van der Waals surface area contributed by atoms with Crippen molar-refractivity contribution in [2.75, 3.05) is 20.3 Å². The smallest absolute Gasteiger partial charge is 0.252 e. The molecule has 0 amide bonds. The van der Waals surface area contributed by atoms with Crippen molar-refractivity contribution in [1.82, 2.24) is 30.1 Å². The number of nitrogens with one attached hydrogen (secondary N) is 1. The van der Waals surface area contributed by atoms with E-state index in [1.54, 1.807) is 7.11 Å². The molecule has 1 aliphatic rings. The van der Waals surface area contributed by atoms with E-state index in [1.165, 1.54) is 12.8 Å². The predicted molar refractivity (Wildman–Crippen MR) is 108 cm³/mol. The Morgan fingerprint density at radius 1 is 1.28 bits per heavy atom. The van der Waals surface area contributed by atoms with Gasteiger partial charge in [-0.05, 0) is 47.5 Å². The molecule has 1 aliphatic carbocycles. The van der Waals surface area contributed by atoms with E-state index in [1.807, 2.05) is 33.8 Å². The summed E-state index contributed by atoms with van der Waals surface area (Å²) in [5.41, 5.74) is 1.25. The Labute approximate surface area is 168 Å². The average Bonchev–Trinajstić information content (AvgIpc) is 3.40. The zero-order valence-electron chi connectivity index (χ0n) is 16.5. The standard InChI is InChI=1S/C20H26N6O3/c1-29-17-6-7-18-14(11-17)10-15(20(28)21-18)12-25(8-9-27)13-19-22-23-24-26(19)16-4-2-3-5-16/h6-7,10-11,16,27H,2-5,8-9,12-13H2,1H3,(H,21,28). The van der Waals surface area contributed by atoms with Gasteiger partial charge < -0.3 is 14.8 Å². The molecular weight excluding hydrogens is 372 g/mol. The highest BCUT2D eigenvalue weighted by atomic mass is 16.5. The van der Waals surface area contributed by atoms with Crippen LogP contribution in [0.1, 0.15) is 43.1 Å². The fraction of sp³-hybridized carbons (Fsp3) is 0.500. The van der Waals surface area contributed by atoms with Crippen molar-refractivity contribution < 1.29 is 9.84 Å². The van der Waals surface area contributed by atoms with Gasteiger partial charge in [0, 0.05) is 29.6 Å². The third-order valence-electron chi connectivity index (χ3n) is 5.54. The van der Waals surface area contributed by atoms with Crippen LogP contribution >= 0.6 is 0 Å². The third-order valence-corrected chi connectivity index (χ3v) is 5.54. The number of aromatic amines is 1. The van der Waals surface area contributed by atoms with E-state index in [4.69, 9.17) is 4.74 Å². The average molecular weight is 398 g/mol. The van der Waals surface area contributed by atoms with Gasteiger partial charge in [0.25, 0.3) is 5.56 Å². The largest absolute Gasteiger partial charge is 0.497 e. The van der Waals surface area contributed by atoms with E-state index in [0.29, 0.717) is 31.2 Å². The molecule has 0 bridgehead atoms. The summed E-state index contributed by atoms with van der Waals surface area (Å²) in [6.07, 6.45) is 4.56. The summed E-state index contributed by atoms with van der Waals surface area (Å²) in [5.74, 6) is 1.50. The Bertz CT molecular complexity index is 1020. The SMILES string of the molecule is COc1ccc2[nH]c(=O)c(CN(CCO)Cc3nnnn3C3CCCC3)cc2c1. The van der Waals surface area contributed by atoms with E-state index in [9.17, 15) is 9.90 Å². The Morgan fingerprint density at radius 3 is 2.86 bits per heavy atom. The number of nitrogens with zero attached hydrogens (tertiary/aromatic N) is 5. The van der Waals surface area contributed by atoms with Crippen LogP contribution in [0.3, 0.4) is 0 Å². The first-order chi connectivity index (χ1) is 14.2. The van der Waals surface area contributed by atoms with Gasteiger partial charge in [0.2, 0.25) is 0 Å². The van der Waals surface area contributed by atoms with Crippen molar-refractivity contribution >= 4 is 10.9 Å². The van der Waals surface area contributed by atoms with Crippen molar-refractivity contribution in [1.29, 1.82) is 0 Å². The molecule has 4 rings (SSSR count). The first kappa shape index (κ1) is 19.5. The first-order valence-electron chi connectivity index (χ1n) is 9.98. The highest BCUT2D eigenvalue weighted by Gasteiger charge is 2.23. The fourth-order valence-electron chi connectivity index (χ4n) is 4.02. The maximum atomic E-state index is 12.6. The lowest BCUT2D eigenvalue weighted by molar-refractivity contribution is 0.177. The van der Waals surface area contributed by atoms with Crippen molar-refractivity contribution in [3.8, 4) is 5.75 Å². The van der Waals surface area contributed by atoms with E-state index < -0.39 is 0 Å². The summed E-state index contributed by atoms with van der Waals surface area (Å²) < 4.78 is 7.19. The van der Waals surface area contributed by atoms with Crippen LogP contribution in [0, 0.1) is 0 Å². The summed E-state index contributed by atoms with van der Waals surface area (Å²) in [7, 11) is 1.62. The lowest BCUT2D eigenvalue weighted by atomic mass is 10.1. The van der Waals surface area contributed by atoms with Crippen LogP contribution in [0.4, 0.5) is 0 Å². The summed E-state index contributed by atoms with van der Waals surface area (Å²) >= 11 is 0. The maximum Gasteiger partial charge on any atom is 0.252 e. The van der Waals surface area contributed by atoms with E-state index in [2.05, 4.69) is 20.5 Å². The van der Waals surface area contributed by atoms with Gasteiger partial charge in [-0.15, -0.1) is 5.10 Å². The maximum absolute atomic E-state index is 12.6. The fourth-order valence-corrected chi connectivity index (χ4v) is 4.02. The minimum Gasteiger partial charge on any atom is -0.497 e. The normalized spacial score (nSPS) is 14.9. The molecule has 1 aromatic carbocycles. The zero-order valence-corrected chi connectivity index (χ0v) is 16.5. The van der Waals surface area contributed by atoms with E-state index in [-0.39, 0.29) is 12.2 Å². The minimum absolute atomic E-state index is 0.00962. The van der Waals surface area contributed by atoms with Gasteiger partial charge in [0.1, 0.15) is 5.75 Å². The number of hydrogen-bond acceptors (Lipinski definition) is 7. The molecule has 2 aromatic heterocycles. The van der Waals surface area contributed by atoms with Gasteiger partial charge >= 0.3 is 0 Å². The van der Waals surface area contributed by atoms with Gasteiger partial charge in [0.15, 0.2) is 5.82 Å². The number of fused-ring (bicyclic) bond motifs is 1. The number of rotatable bonds is 8. The Balaban J connectivity index is 1.58. The number of H-pyrrole nitrogens is 1. The molecule has 0 spiro atoms. The predicted octanol–water partition coefficient (Wildman–Crippen LogP) is 1.63. The first-order valence-corrected chi connectivity index (χ1v) is 9.98. The van der Waals surface area contributed by atoms with Crippen LogP contribution in [-0.2, 0) is 13.1 Å². The molecule has 0 radical (unpaired) electrons. The van der Waals surface area contributed by atoms with Crippen molar-refractivity contribution in [3.05, 3.63) is 46.0 Å². The highest BCUT2D eigenvalue weighted by Crippen LogP contribution is 2.29. The summed E-state index contributed by atoms with van der Waals surface area (Å²) in [6.45, 7) is 1.28. The van der Waals surface area contributed by atoms with Gasteiger partial charge in [-0.3, -0.25) is 9.69 Å². The molecule has 154 valence electrons. The lowest BCUT2D eigenvalue weighted by Gasteiger charge is -2.21. The Hall–Kier alpha value is -2.78. The third kappa shape index (κ3) is 4.30. The van der Waals surface area contributed by atoms with E-state index in [0.717, 1.165) is 35.3 Å². The Morgan fingerprint density at radius 2 is 2.10 bits per heavy atom. The zero-order chi connectivity index (χ0) is 20.2. The molecule has 0 aliphatic heterocycles. The van der Waals surface area contributed by atoms with Crippen molar-refractivity contribution in [3.63, 3.8) is 0 Å². The molecule has 9 heteroatoms. The quantitative estimate of drug-likeness (QED) is 0.593. The van der Waals surface area contributed by atoms with Crippen molar-refractivity contribution in [2.45, 2.75) is 44.8 Å². The molecule has 0 saturated heterocycles. The molecule has 1 fully saturated rings. The topological polar surface area (TPSA) is 109 Å². The number of hydrogen-bond donors (Lipinski definition) is 2. The van der Waals surface area contributed by atoms with Crippen LogP contribution in [0.15, 0.2) is 29.1 Å². The van der Waals surface area contributed by atoms with Gasteiger partial charge in [0.05, 0.1) is 26.3 Å². The van der Waals surface area contributed by atoms with Crippen LogP contribution in [0.2, 0.25) is 0 Å². The van der Waals surface area contributed by atoms with E-state index >= 15 is 0 Å². The molecule has 2 heterocycles. The molecule has 2 N–H and O–H groups in total. The second-order valence-electron chi connectivity index (χ2n) is 7.49. The molecule has 29 heavy (non-hydrogen) atoms. The second kappa shape index (κ2) is 8.71. The second-order valence-corrected chi connectivity index (χ2v) is 7.49. The summed E-state index contributed by atoms with van der Waals surface area (Å²) in [6, 6.07) is 7.76. The molecule has 1 saturated carbocycles. The van der Waals surface area contributed by atoms with Gasteiger partial charge in [-0.1, -0.05) is 12.8 Å². The van der Waals surface area contributed by atoms with Crippen LogP contribution in [0.25, 0.3) is 10.9 Å². The molecule has 0 atom stereocenters. The van der Waals surface area contributed by atoms with Crippen LogP contribution < -0.4 is 10.3 Å². The molecular formula is C20H26N6O3. The number of benzene rings is 1. The van der Waals surface area contributed by atoms with Gasteiger partial charge in [-0.2, -0.15) is 0 Å². The molecule has 3 aromatic rings. The number of aliphatic hydroxyl groups is 1. The van der Waals surface area contributed by atoms with Crippen LogP contribution in [0.5, 0.6) is 5.75 Å². The highest BCUT2D eigenvalue weighted by molar-refractivity contribution is 5.80. The van der Waals surface area contributed by atoms with Crippen LogP contribution in [-0.4, -0.2) is 55.5 Å². The number of aliphatic hydroxyl groups excluding tert-OH is 1.